The van der Waals surface area contributed by atoms with E-state index in [0.29, 0.717) is 31.1 Å². The van der Waals surface area contributed by atoms with E-state index in [9.17, 15) is 0 Å². The number of aromatic nitrogens is 2. The number of hydrogen-bond donors (Lipinski definition) is 0. The van der Waals surface area contributed by atoms with Crippen LogP contribution >= 0.6 is 58.0 Å². The van der Waals surface area contributed by atoms with Crippen LogP contribution in [0.15, 0.2) is 12.4 Å². The van der Waals surface area contributed by atoms with Crippen molar-refractivity contribution in [1.29, 1.82) is 0 Å². The second kappa shape index (κ2) is 4.35. The van der Waals surface area contributed by atoms with Crippen LogP contribution in [-0.2, 0) is 7.05 Å². The monoisotopic (exact) mass is 316 g/mol. The van der Waals surface area contributed by atoms with Gasteiger partial charge in [-0.2, -0.15) is 0 Å². The maximum absolute atomic E-state index is 6.07. The van der Waals surface area contributed by atoms with Crippen LogP contribution in [-0.4, -0.2) is 9.13 Å². The molecule has 2 aromatic rings. The zero-order valence-corrected chi connectivity index (χ0v) is 11.7. The first kappa shape index (κ1) is 12.5. The molecule has 0 atom stereocenters. The lowest BCUT2D eigenvalue weighted by atomic mass is 10.6. The van der Waals surface area contributed by atoms with Crippen molar-refractivity contribution < 1.29 is 0 Å². The molecule has 0 radical (unpaired) electrons. The van der Waals surface area contributed by atoms with Gasteiger partial charge in [0, 0.05) is 19.4 Å². The van der Waals surface area contributed by atoms with Crippen molar-refractivity contribution in [3.63, 3.8) is 0 Å². The highest BCUT2D eigenvalue weighted by atomic mass is 35.5. The summed E-state index contributed by atoms with van der Waals surface area (Å²) in [5.74, 6) is 0.616. The third-order valence-electron chi connectivity index (χ3n) is 2.16. The van der Waals surface area contributed by atoms with Gasteiger partial charge in [0.15, 0.2) is 0 Å². The smallest absolute Gasteiger partial charge is 0.138 e. The van der Waals surface area contributed by atoms with Crippen LogP contribution in [0.5, 0.6) is 0 Å². The first-order valence-corrected chi connectivity index (χ1v) is 6.05. The average molecular weight is 318 g/mol. The minimum absolute atomic E-state index is 0.307. The van der Waals surface area contributed by atoms with Gasteiger partial charge in [-0.25, -0.2) is 0 Å². The van der Waals surface area contributed by atoms with E-state index in [0.717, 1.165) is 0 Å². The summed E-state index contributed by atoms with van der Waals surface area (Å²) in [5.41, 5.74) is 0. The SMILES string of the molecule is Cn1c(Cl)c(Cl)c(Cl)c1-n1cc(Cl)c(Cl)c1. The third-order valence-corrected chi connectivity index (χ3v) is 4.22. The van der Waals surface area contributed by atoms with Gasteiger partial charge in [0.05, 0.1) is 15.1 Å². The number of hydrogen-bond acceptors (Lipinski definition) is 0. The van der Waals surface area contributed by atoms with Crippen molar-refractivity contribution in [3.8, 4) is 5.82 Å². The fourth-order valence-corrected chi connectivity index (χ4v) is 2.45. The summed E-state index contributed by atoms with van der Waals surface area (Å²) in [6.07, 6.45) is 3.27. The highest BCUT2D eigenvalue weighted by Crippen LogP contribution is 2.38. The molecule has 0 amide bonds. The molecular formula is C9H5Cl5N2. The van der Waals surface area contributed by atoms with E-state index in [4.69, 9.17) is 58.0 Å². The minimum Gasteiger partial charge on any atom is -0.319 e. The summed E-state index contributed by atoms with van der Waals surface area (Å²) >= 11 is 29.7. The summed E-state index contributed by atoms with van der Waals surface area (Å²) in [4.78, 5) is 0. The molecule has 0 saturated heterocycles. The molecule has 0 fully saturated rings. The highest BCUT2D eigenvalue weighted by Gasteiger charge is 2.19. The Morgan fingerprint density at radius 3 is 1.75 bits per heavy atom. The molecule has 7 heteroatoms. The molecule has 2 rings (SSSR count). The topological polar surface area (TPSA) is 9.86 Å². The molecule has 0 aromatic carbocycles. The third kappa shape index (κ3) is 1.83. The summed E-state index contributed by atoms with van der Waals surface area (Å²) in [5, 5.41) is 1.90. The van der Waals surface area contributed by atoms with Gasteiger partial charge in [-0.05, 0) is 0 Å². The molecule has 0 aliphatic rings. The van der Waals surface area contributed by atoms with Gasteiger partial charge in [0.2, 0.25) is 0 Å². The lowest BCUT2D eigenvalue weighted by molar-refractivity contribution is 0.848. The molecule has 86 valence electrons. The Labute approximate surface area is 117 Å². The molecule has 0 bridgehead atoms. The predicted molar refractivity (Wildman–Crippen MR) is 69.8 cm³/mol. The molecule has 0 aliphatic heterocycles. The molecule has 0 spiro atoms. The van der Waals surface area contributed by atoms with E-state index < -0.39 is 0 Å². The van der Waals surface area contributed by atoms with E-state index in [-0.39, 0.29) is 0 Å². The van der Waals surface area contributed by atoms with Gasteiger partial charge >= 0.3 is 0 Å². The lowest BCUT2D eigenvalue weighted by Crippen LogP contribution is -1.99. The molecule has 2 nitrogen and oxygen atoms in total. The van der Waals surface area contributed by atoms with E-state index in [2.05, 4.69) is 0 Å². The van der Waals surface area contributed by atoms with Gasteiger partial charge in [-0.3, -0.25) is 0 Å². The van der Waals surface area contributed by atoms with Gasteiger partial charge in [-0.1, -0.05) is 58.0 Å². The Balaban J connectivity index is 2.69. The van der Waals surface area contributed by atoms with Crippen LogP contribution in [0.4, 0.5) is 0 Å². The first-order valence-electron chi connectivity index (χ1n) is 4.16. The zero-order chi connectivity index (χ0) is 12.0. The molecule has 0 N–H and O–H groups in total. The Morgan fingerprint density at radius 1 is 0.875 bits per heavy atom. The largest absolute Gasteiger partial charge is 0.319 e. The normalized spacial score (nSPS) is 11.1. The van der Waals surface area contributed by atoms with Crippen LogP contribution < -0.4 is 0 Å². The van der Waals surface area contributed by atoms with Crippen molar-refractivity contribution in [2.75, 3.05) is 0 Å². The quantitative estimate of drug-likeness (QED) is 0.694. The molecule has 2 aromatic heterocycles. The van der Waals surface area contributed by atoms with Crippen molar-refractivity contribution in [2.45, 2.75) is 0 Å². The van der Waals surface area contributed by atoms with Crippen LogP contribution in [0.3, 0.4) is 0 Å². The maximum Gasteiger partial charge on any atom is 0.138 e. The van der Waals surface area contributed by atoms with Gasteiger partial charge in [0.25, 0.3) is 0 Å². The second-order valence-electron chi connectivity index (χ2n) is 3.16. The second-order valence-corrected chi connectivity index (χ2v) is 5.09. The molecular weight excluding hydrogens is 313 g/mol. The predicted octanol–water partition coefficient (Wildman–Crippen LogP) is 5.08. The summed E-state index contributed by atoms with van der Waals surface area (Å²) in [6.45, 7) is 0. The zero-order valence-electron chi connectivity index (χ0n) is 7.94. The summed E-state index contributed by atoms with van der Waals surface area (Å²) in [6, 6.07) is 0. The molecule has 0 aliphatic carbocycles. The van der Waals surface area contributed by atoms with Gasteiger partial charge in [-0.15, -0.1) is 0 Å². The van der Waals surface area contributed by atoms with Crippen molar-refractivity contribution in [3.05, 3.63) is 37.6 Å². The van der Waals surface area contributed by atoms with Crippen LogP contribution in [0.1, 0.15) is 0 Å². The van der Waals surface area contributed by atoms with Crippen LogP contribution in [0.2, 0.25) is 25.2 Å². The van der Waals surface area contributed by atoms with E-state index in [1.54, 1.807) is 28.6 Å². The summed E-state index contributed by atoms with van der Waals surface area (Å²) in [7, 11) is 1.75. The van der Waals surface area contributed by atoms with E-state index >= 15 is 0 Å². The first-order chi connectivity index (χ1) is 7.43. The standard InChI is InChI=1S/C9H5Cl5N2/c1-15-8(14)6(12)7(13)9(15)16-2-4(10)5(11)3-16/h2-3H,1H3. The van der Waals surface area contributed by atoms with Crippen LogP contribution in [0, 0.1) is 0 Å². The Bertz CT molecular complexity index is 510. The highest BCUT2D eigenvalue weighted by molar-refractivity contribution is 6.49. The fraction of sp³-hybridized carbons (Fsp3) is 0.111. The van der Waals surface area contributed by atoms with Gasteiger partial charge in [0.1, 0.15) is 16.0 Å². The van der Waals surface area contributed by atoms with Crippen molar-refractivity contribution in [1.82, 2.24) is 9.13 Å². The summed E-state index contributed by atoms with van der Waals surface area (Å²) < 4.78 is 3.32. The van der Waals surface area contributed by atoms with Gasteiger partial charge < -0.3 is 9.13 Å². The van der Waals surface area contributed by atoms with Crippen molar-refractivity contribution >= 4 is 58.0 Å². The minimum atomic E-state index is 0.307. The Morgan fingerprint density at radius 2 is 1.38 bits per heavy atom. The maximum atomic E-state index is 6.07. The van der Waals surface area contributed by atoms with E-state index in [1.807, 2.05) is 0 Å². The molecule has 2 heterocycles. The number of nitrogens with zero attached hydrogens (tertiary/aromatic N) is 2. The average Bonchev–Trinajstić information content (AvgIpc) is 2.64. The Hall–Kier alpha value is 0.01000. The van der Waals surface area contributed by atoms with E-state index in [1.165, 1.54) is 0 Å². The van der Waals surface area contributed by atoms with Crippen molar-refractivity contribution in [2.24, 2.45) is 7.05 Å². The van der Waals surface area contributed by atoms with Crippen LogP contribution in [0.25, 0.3) is 5.82 Å². The fourth-order valence-electron chi connectivity index (χ4n) is 1.39. The molecule has 0 unspecified atom stereocenters. The number of halogens is 5. The Kier molecular flexibility index (Phi) is 3.39. The molecule has 16 heavy (non-hydrogen) atoms. The number of rotatable bonds is 1. The lowest BCUT2D eigenvalue weighted by Gasteiger charge is -2.05. The molecule has 0 saturated carbocycles.